The third-order valence-electron chi connectivity index (χ3n) is 4.47. The summed E-state index contributed by atoms with van der Waals surface area (Å²) in [6, 6.07) is 15.8. The van der Waals surface area contributed by atoms with E-state index < -0.39 is 0 Å². The number of hydrogen-bond acceptors (Lipinski definition) is 5. The van der Waals surface area contributed by atoms with Crippen molar-refractivity contribution >= 4 is 22.3 Å². The monoisotopic (exact) mass is 356 g/mol. The maximum absolute atomic E-state index is 5.54. The van der Waals surface area contributed by atoms with Gasteiger partial charge >= 0.3 is 0 Å². The Balaban J connectivity index is 1.80. The van der Waals surface area contributed by atoms with Gasteiger partial charge in [-0.15, -0.1) is 0 Å². The van der Waals surface area contributed by atoms with Crippen LogP contribution in [0.4, 0.5) is 11.4 Å². The predicted molar refractivity (Wildman–Crippen MR) is 109 cm³/mol. The lowest BCUT2D eigenvalue weighted by Gasteiger charge is -2.14. The summed E-state index contributed by atoms with van der Waals surface area (Å²) in [5, 5.41) is 4.48. The van der Waals surface area contributed by atoms with E-state index in [0.717, 1.165) is 50.7 Å². The molecule has 0 aliphatic rings. The lowest BCUT2D eigenvalue weighted by Crippen LogP contribution is -1.99. The number of pyridine rings is 3. The van der Waals surface area contributed by atoms with Crippen LogP contribution >= 0.6 is 0 Å². The first-order valence-corrected chi connectivity index (χ1v) is 8.75. The first-order valence-electron chi connectivity index (χ1n) is 8.75. The Kier molecular flexibility index (Phi) is 4.42. The van der Waals surface area contributed by atoms with Gasteiger partial charge in [-0.1, -0.05) is 12.1 Å². The zero-order chi connectivity index (χ0) is 18.8. The minimum Gasteiger partial charge on any atom is -0.496 e. The summed E-state index contributed by atoms with van der Waals surface area (Å²) in [4.78, 5) is 13.6. The van der Waals surface area contributed by atoms with E-state index in [0.29, 0.717) is 0 Å². The van der Waals surface area contributed by atoms with Crippen LogP contribution in [0.5, 0.6) is 5.75 Å². The number of aromatic nitrogens is 3. The van der Waals surface area contributed by atoms with Crippen molar-refractivity contribution in [1.82, 2.24) is 15.0 Å². The normalized spacial score (nSPS) is 10.8. The Morgan fingerprint density at radius 2 is 1.74 bits per heavy atom. The highest BCUT2D eigenvalue weighted by atomic mass is 16.5. The molecule has 27 heavy (non-hydrogen) atoms. The Labute approximate surface area is 158 Å². The molecule has 0 bridgehead atoms. The summed E-state index contributed by atoms with van der Waals surface area (Å²) < 4.78 is 5.54. The van der Waals surface area contributed by atoms with Crippen molar-refractivity contribution < 1.29 is 4.74 Å². The highest BCUT2D eigenvalue weighted by molar-refractivity contribution is 5.98. The molecule has 1 N–H and O–H groups in total. The number of fused-ring (bicyclic) bond motifs is 1. The van der Waals surface area contributed by atoms with Crippen molar-refractivity contribution in [2.75, 3.05) is 12.4 Å². The van der Waals surface area contributed by atoms with Crippen LogP contribution in [-0.2, 0) is 0 Å². The maximum atomic E-state index is 5.54. The molecule has 5 heteroatoms. The van der Waals surface area contributed by atoms with E-state index in [-0.39, 0.29) is 0 Å². The molecule has 0 amide bonds. The van der Waals surface area contributed by atoms with Crippen molar-refractivity contribution in [2.45, 2.75) is 13.8 Å². The second-order valence-electron chi connectivity index (χ2n) is 6.39. The van der Waals surface area contributed by atoms with Crippen molar-refractivity contribution in [3.63, 3.8) is 0 Å². The van der Waals surface area contributed by atoms with Gasteiger partial charge in [0, 0.05) is 23.8 Å². The van der Waals surface area contributed by atoms with Crippen LogP contribution in [-0.4, -0.2) is 22.1 Å². The summed E-state index contributed by atoms with van der Waals surface area (Å²) in [7, 11) is 1.67. The fraction of sp³-hybridized carbons (Fsp3) is 0.136. The lowest BCUT2D eigenvalue weighted by atomic mass is 10.1. The van der Waals surface area contributed by atoms with Gasteiger partial charge in [0.25, 0.3) is 0 Å². The van der Waals surface area contributed by atoms with Gasteiger partial charge in [0.2, 0.25) is 0 Å². The molecule has 0 spiro atoms. The molecule has 134 valence electrons. The lowest BCUT2D eigenvalue weighted by molar-refractivity contribution is 0.420. The van der Waals surface area contributed by atoms with Crippen LogP contribution < -0.4 is 10.1 Å². The number of rotatable bonds is 4. The van der Waals surface area contributed by atoms with E-state index >= 15 is 0 Å². The van der Waals surface area contributed by atoms with Crippen molar-refractivity contribution in [3.8, 4) is 17.1 Å². The molecular weight excluding hydrogens is 336 g/mol. The van der Waals surface area contributed by atoms with Gasteiger partial charge < -0.3 is 10.1 Å². The van der Waals surface area contributed by atoms with Gasteiger partial charge in [-0.05, 0) is 55.8 Å². The Morgan fingerprint density at radius 3 is 2.56 bits per heavy atom. The summed E-state index contributed by atoms with van der Waals surface area (Å²) in [6.45, 7) is 4.01. The average molecular weight is 356 g/mol. The minimum absolute atomic E-state index is 0.787. The number of hydrogen-bond donors (Lipinski definition) is 1. The standard InChI is InChI=1S/C22H20N4O/c1-14-13-24-20(16-7-4-6-15(2)25-16)12-19(14)26-18-10-11-23-17-8-5-9-21(27-3)22(17)18/h4-13H,1-3H3,(H,23,24,26). The van der Waals surface area contributed by atoms with Gasteiger partial charge in [0.15, 0.2) is 0 Å². The largest absolute Gasteiger partial charge is 0.496 e. The van der Waals surface area contributed by atoms with E-state index in [9.17, 15) is 0 Å². The maximum Gasteiger partial charge on any atom is 0.130 e. The fourth-order valence-corrected chi connectivity index (χ4v) is 3.08. The van der Waals surface area contributed by atoms with Crippen molar-refractivity contribution in [3.05, 3.63) is 72.2 Å². The van der Waals surface area contributed by atoms with Gasteiger partial charge in [-0.25, -0.2) is 0 Å². The summed E-state index contributed by atoms with van der Waals surface area (Å²) in [5.41, 5.74) is 6.50. The van der Waals surface area contributed by atoms with Crippen LogP contribution in [0.2, 0.25) is 0 Å². The summed E-state index contributed by atoms with van der Waals surface area (Å²) in [6.07, 6.45) is 3.66. The molecule has 1 aromatic carbocycles. The summed E-state index contributed by atoms with van der Waals surface area (Å²) in [5.74, 6) is 0.787. The number of ether oxygens (including phenoxy) is 1. The molecule has 3 aromatic heterocycles. The number of aryl methyl sites for hydroxylation is 2. The Hall–Kier alpha value is -3.47. The smallest absolute Gasteiger partial charge is 0.130 e. The second kappa shape index (κ2) is 7.03. The van der Waals surface area contributed by atoms with Crippen LogP contribution in [0, 0.1) is 13.8 Å². The molecule has 0 aliphatic carbocycles. The highest BCUT2D eigenvalue weighted by Crippen LogP contribution is 2.34. The number of anilines is 2. The molecule has 0 unspecified atom stereocenters. The SMILES string of the molecule is COc1cccc2nccc(Nc3cc(-c4cccc(C)n4)ncc3C)c12. The fourth-order valence-electron chi connectivity index (χ4n) is 3.08. The van der Waals surface area contributed by atoms with E-state index in [1.165, 1.54) is 0 Å². The topological polar surface area (TPSA) is 59.9 Å². The average Bonchev–Trinajstić information content (AvgIpc) is 2.69. The molecule has 4 rings (SSSR count). The second-order valence-corrected chi connectivity index (χ2v) is 6.39. The van der Waals surface area contributed by atoms with E-state index in [4.69, 9.17) is 4.74 Å². The van der Waals surface area contributed by atoms with Gasteiger partial charge in [-0.2, -0.15) is 0 Å². The number of benzene rings is 1. The third kappa shape index (κ3) is 3.31. The van der Waals surface area contributed by atoms with E-state index in [2.05, 4.69) is 20.3 Å². The minimum atomic E-state index is 0.787. The molecule has 5 nitrogen and oxygen atoms in total. The molecule has 0 aliphatic heterocycles. The van der Waals surface area contributed by atoms with Crippen molar-refractivity contribution in [2.24, 2.45) is 0 Å². The molecule has 0 radical (unpaired) electrons. The first kappa shape index (κ1) is 17.0. The number of methoxy groups -OCH3 is 1. The molecular formula is C22H20N4O. The van der Waals surface area contributed by atoms with Crippen LogP contribution in [0.15, 0.2) is 60.9 Å². The van der Waals surface area contributed by atoms with Gasteiger partial charge in [0.05, 0.1) is 35.1 Å². The number of nitrogens with zero attached hydrogens (tertiary/aromatic N) is 3. The number of nitrogens with one attached hydrogen (secondary N) is 1. The van der Waals surface area contributed by atoms with Crippen LogP contribution in [0.25, 0.3) is 22.3 Å². The zero-order valence-corrected chi connectivity index (χ0v) is 15.5. The highest BCUT2D eigenvalue weighted by Gasteiger charge is 2.11. The quantitative estimate of drug-likeness (QED) is 0.554. The summed E-state index contributed by atoms with van der Waals surface area (Å²) >= 11 is 0. The Morgan fingerprint density at radius 1 is 0.889 bits per heavy atom. The van der Waals surface area contributed by atoms with Crippen LogP contribution in [0.1, 0.15) is 11.3 Å². The molecule has 3 heterocycles. The first-order chi connectivity index (χ1) is 13.2. The zero-order valence-electron chi connectivity index (χ0n) is 15.5. The molecule has 0 saturated carbocycles. The predicted octanol–water partition coefficient (Wildman–Crippen LogP) is 5.06. The van der Waals surface area contributed by atoms with E-state index in [1.807, 2.05) is 68.6 Å². The van der Waals surface area contributed by atoms with Gasteiger partial charge in [-0.3, -0.25) is 15.0 Å². The van der Waals surface area contributed by atoms with Crippen molar-refractivity contribution in [1.29, 1.82) is 0 Å². The van der Waals surface area contributed by atoms with Gasteiger partial charge in [0.1, 0.15) is 5.75 Å². The molecule has 0 atom stereocenters. The third-order valence-corrected chi connectivity index (χ3v) is 4.47. The molecule has 4 aromatic rings. The Bertz CT molecular complexity index is 1120. The van der Waals surface area contributed by atoms with E-state index in [1.54, 1.807) is 13.3 Å². The van der Waals surface area contributed by atoms with Crippen LogP contribution in [0.3, 0.4) is 0 Å². The molecule has 0 fully saturated rings. The molecule has 0 saturated heterocycles.